The van der Waals surface area contributed by atoms with Crippen LogP contribution in [-0.2, 0) is 0 Å². The van der Waals surface area contributed by atoms with Crippen LogP contribution in [0.25, 0.3) is 22.3 Å². The van der Waals surface area contributed by atoms with Gasteiger partial charge in [-0.15, -0.1) is 0 Å². The Morgan fingerprint density at radius 2 is 0.710 bits per heavy atom. The highest BCUT2D eigenvalue weighted by Crippen LogP contribution is 2.60. The number of anilines is 6. The lowest BCUT2D eigenvalue weighted by Gasteiger charge is -2.49. The number of hydrogen-bond donors (Lipinski definition) is 0. The minimum Gasteiger partial charge on any atom is -0.456 e. The highest BCUT2D eigenvalue weighted by molar-refractivity contribution is 7.02. The fourth-order valence-corrected chi connectivity index (χ4v) is 11.0. The normalized spacial score (nSPS) is 14.2. The molecule has 0 spiro atoms. The molecule has 0 saturated heterocycles. The Kier molecular flexibility index (Phi) is 6.23. The summed E-state index contributed by atoms with van der Waals surface area (Å²) in [4.78, 5) is 4.78. The lowest BCUT2D eigenvalue weighted by Crippen LogP contribution is -2.64. The van der Waals surface area contributed by atoms with E-state index in [1.807, 2.05) is 12.1 Å². The van der Waals surface area contributed by atoms with Crippen molar-refractivity contribution in [2.45, 2.75) is 0 Å². The van der Waals surface area contributed by atoms with E-state index < -0.39 is 0 Å². The molecule has 0 bridgehead atoms. The minimum absolute atomic E-state index is 0.217. The van der Waals surface area contributed by atoms with E-state index >= 15 is 0 Å². The lowest BCUT2D eigenvalue weighted by molar-refractivity contribution is 0.466. The molecule has 0 amide bonds. The predicted molar refractivity (Wildman–Crippen MR) is 249 cm³/mol. The molecule has 0 aliphatic carbocycles. The maximum absolute atomic E-state index is 7.54. The fourth-order valence-electron chi connectivity index (χ4n) is 11.0. The molecule has 62 heavy (non-hydrogen) atoms. The standard InChI is InChI=1S/C54H30B2N2O4/c1-3-13-31(14-4-1)33-25-27-41-37(29-33)55-35-17-11-23-45-49(35)57(39-19-7-9-21-43(39)59-45)51-47(55)53(61-41)52-48-54(51)62-42-28-26-34(32-15-5-2-6-16-32)30-38(42)56(48)36-18-12-24-46-50(36)58(52)40-20-8-10-22-44(40)60-46/h1-30H. The van der Waals surface area contributed by atoms with Gasteiger partial charge < -0.3 is 28.7 Å². The first-order valence-corrected chi connectivity index (χ1v) is 21.1. The number of ether oxygens (including phenoxy) is 4. The van der Waals surface area contributed by atoms with Crippen LogP contribution < -0.4 is 61.5 Å². The molecule has 9 aromatic rings. The average Bonchev–Trinajstić information content (AvgIpc) is 3.33. The molecule has 0 fully saturated rings. The third-order valence-corrected chi connectivity index (χ3v) is 13.5. The highest BCUT2D eigenvalue weighted by Gasteiger charge is 2.54. The summed E-state index contributed by atoms with van der Waals surface area (Å²) in [5.74, 6) is 6.48. The summed E-state index contributed by atoms with van der Waals surface area (Å²) in [7, 11) is 0. The van der Waals surface area contributed by atoms with Crippen molar-refractivity contribution in [3.05, 3.63) is 182 Å². The summed E-state index contributed by atoms with van der Waals surface area (Å²) < 4.78 is 28.7. The van der Waals surface area contributed by atoms with Crippen LogP contribution >= 0.6 is 0 Å². The van der Waals surface area contributed by atoms with E-state index in [1.54, 1.807) is 0 Å². The number of hydrogen-bond acceptors (Lipinski definition) is 6. The summed E-state index contributed by atoms with van der Waals surface area (Å²) in [5, 5.41) is 0. The van der Waals surface area contributed by atoms with E-state index in [-0.39, 0.29) is 13.4 Å². The maximum atomic E-state index is 7.54. The first-order chi connectivity index (χ1) is 30.8. The Labute approximate surface area is 357 Å². The fraction of sp³-hybridized carbons (Fsp3) is 0. The number of nitrogens with zero attached hydrogens (tertiary/aromatic N) is 2. The molecular weight excluding hydrogens is 762 g/mol. The molecule has 6 aliphatic heterocycles. The van der Waals surface area contributed by atoms with Gasteiger partial charge in [0.1, 0.15) is 23.0 Å². The van der Waals surface area contributed by atoms with Gasteiger partial charge in [0.15, 0.2) is 23.0 Å². The molecule has 0 atom stereocenters. The minimum atomic E-state index is -0.217. The topological polar surface area (TPSA) is 43.4 Å². The number of fused-ring (bicyclic) bond motifs is 14. The molecule has 0 unspecified atom stereocenters. The van der Waals surface area contributed by atoms with Gasteiger partial charge in [0.05, 0.1) is 34.1 Å². The molecular formula is C54H30B2N2O4. The van der Waals surface area contributed by atoms with Crippen molar-refractivity contribution in [1.82, 2.24) is 0 Å². The SMILES string of the molecule is c1ccc(-c2ccc3c(c2)B2c4cccc5c4N(c4ccccc4O5)c4c5c6c(c(c42)O3)N2c3ccccc3Oc3cccc(c32)B6c2cc(-c3ccccc3)ccc2O5)cc1. The molecule has 6 nitrogen and oxygen atoms in total. The van der Waals surface area contributed by atoms with E-state index in [4.69, 9.17) is 18.9 Å². The van der Waals surface area contributed by atoms with Gasteiger partial charge in [-0.2, -0.15) is 0 Å². The highest BCUT2D eigenvalue weighted by atomic mass is 16.5. The molecule has 0 N–H and O–H groups in total. The zero-order chi connectivity index (χ0) is 40.2. The smallest absolute Gasteiger partial charge is 0.256 e. The van der Waals surface area contributed by atoms with Crippen molar-refractivity contribution in [1.29, 1.82) is 0 Å². The van der Waals surface area contributed by atoms with Gasteiger partial charge in [0.25, 0.3) is 13.4 Å². The Hall–Kier alpha value is -8.09. The van der Waals surface area contributed by atoms with Crippen LogP contribution in [-0.4, -0.2) is 13.4 Å². The summed E-state index contributed by atoms with van der Waals surface area (Å²) in [6.45, 7) is -0.434. The number of para-hydroxylation sites is 6. The molecule has 9 aromatic carbocycles. The summed E-state index contributed by atoms with van der Waals surface area (Å²) in [6.07, 6.45) is 0. The Morgan fingerprint density at radius 3 is 1.18 bits per heavy atom. The molecule has 0 saturated carbocycles. The van der Waals surface area contributed by atoms with Crippen LogP contribution in [0.5, 0.6) is 46.0 Å². The van der Waals surface area contributed by atoms with Gasteiger partial charge in [-0.3, -0.25) is 0 Å². The van der Waals surface area contributed by atoms with E-state index in [9.17, 15) is 0 Å². The van der Waals surface area contributed by atoms with Crippen molar-refractivity contribution in [3.8, 4) is 68.2 Å². The van der Waals surface area contributed by atoms with E-state index in [0.717, 1.165) is 135 Å². The third kappa shape index (κ3) is 4.16. The van der Waals surface area contributed by atoms with Gasteiger partial charge in [0.2, 0.25) is 0 Å². The first kappa shape index (κ1) is 32.7. The van der Waals surface area contributed by atoms with Crippen LogP contribution in [0.2, 0.25) is 0 Å². The van der Waals surface area contributed by atoms with Crippen LogP contribution in [0.4, 0.5) is 34.1 Å². The lowest BCUT2D eigenvalue weighted by atomic mass is 9.31. The number of benzene rings is 9. The van der Waals surface area contributed by atoms with E-state index in [0.29, 0.717) is 0 Å². The zero-order valence-electron chi connectivity index (χ0n) is 33.0. The molecule has 15 rings (SSSR count). The summed E-state index contributed by atoms with van der Waals surface area (Å²) >= 11 is 0. The van der Waals surface area contributed by atoms with Crippen molar-refractivity contribution < 1.29 is 18.9 Å². The molecule has 286 valence electrons. The van der Waals surface area contributed by atoms with Gasteiger partial charge >= 0.3 is 0 Å². The maximum Gasteiger partial charge on any atom is 0.256 e. The number of rotatable bonds is 2. The quantitative estimate of drug-likeness (QED) is 0.163. The Bertz CT molecular complexity index is 3240. The van der Waals surface area contributed by atoms with Gasteiger partial charge in [-0.05, 0) is 92.6 Å². The largest absolute Gasteiger partial charge is 0.456 e. The molecule has 6 heterocycles. The van der Waals surface area contributed by atoms with Crippen LogP contribution in [0.15, 0.2) is 182 Å². The predicted octanol–water partition coefficient (Wildman–Crippen LogP) is 10.0. The zero-order valence-corrected chi connectivity index (χ0v) is 33.0. The van der Waals surface area contributed by atoms with Crippen molar-refractivity contribution in [2.24, 2.45) is 0 Å². The summed E-state index contributed by atoms with van der Waals surface area (Å²) in [6, 6.07) is 64.1. The molecule has 8 heteroatoms. The van der Waals surface area contributed by atoms with E-state index in [1.165, 1.54) is 0 Å². The van der Waals surface area contributed by atoms with Crippen molar-refractivity contribution in [3.63, 3.8) is 0 Å². The summed E-state index contributed by atoms with van der Waals surface area (Å²) in [5.41, 5.74) is 17.1. The Morgan fingerprint density at radius 1 is 0.290 bits per heavy atom. The second-order valence-electron chi connectivity index (χ2n) is 16.7. The van der Waals surface area contributed by atoms with E-state index in [2.05, 4.69) is 180 Å². The second-order valence-corrected chi connectivity index (χ2v) is 16.7. The monoisotopic (exact) mass is 792 g/mol. The van der Waals surface area contributed by atoms with Crippen LogP contribution in [0, 0.1) is 0 Å². The van der Waals surface area contributed by atoms with Gasteiger partial charge in [0, 0.05) is 10.9 Å². The van der Waals surface area contributed by atoms with Crippen molar-refractivity contribution >= 4 is 80.3 Å². The Balaban J connectivity index is 1.10. The van der Waals surface area contributed by atoms with Crippen molar-refractivity contribution in [2.75, 3.05) is 9.80 Å². The van der Waals surface area contributed by atoms with Gasteiger partial charge in [-0.25, -0.2) is 0 Å². The van der Waals surface area contributed by atoms with Crippen LogP contribution in [0.1, 0.15) is 0 Å². The first-order valence-electron chi connectivity index (χ1n) is 21.1. The van der Waals surface area contributed by atoms with Gasteiger partial charge in [-0.1, -0.05) is 133 Å². The average molecular weight is 792 g/mol. The third-order valence-electron chi connectivity index (χ3n) is 13.5. The van der Waals surface area contributed by atoms with Crippen LogP contribution in [0.3, 0.4) is 0 Å². The second kappa shape index (κ2) is 11.8. The molecule has 0 aromatic heterocycles. The molecule has 0 radical (unpaired) electrons. The molecule has 6 aliphatic rings.